The summed E-state index contributed by atoms with van der Waals surface area (Å²) in [6, 6.07) is -1.38. The number of nitrogens with one attached hydrogen (secondary N) is 1. The fourth-order valence-electron chi connectivity index (χ4n) is 2.84. The summed E-state index contributed by atoms with van der Waals surface area (Å²) in [7, 11) is 0. The number of aliphatic imine (C=N–C) groups is 1. The molecule has 184 valence electrons. The lowest BCUT2D eigenvalue weighted by molar-refractivity contribution is -0.525. The van der Waals surface area contributed by atoms with Crippen LogP contribution >= 0.6 is 24.8 Å². The Morgan fingerprint density at radius 3 is 2.48 bits per heavy atom. The van der Waals surface area contributed by atoms with Gasteiger partial charge in [0, 0.05) is 19.7 Å². The highest BCUT2D eigenvalue weighted by Gasteiger charge is 2.37. The van der Waals surface area contributed by atoms with Crippen LogP contribution in [0.5, 0.6) is 0 Å². The number of carbonyl (C=O) groups is 2. The first-order valence-corrected chi connectivity index (χ1v) is 9.72. The molecule has 0 aromatic rings. The highest BCUT2D eigenvalue weighted by molar-refractivity contribution is 5.87. The Hall–Kier alpha value is -1.89. The lowest BCUT2D eigenvalue weighted by Gasteiger charge is -2.38. The summed E-state index contributed by atoms with van der Waals surface area (Å²) in [5, 5.41) is 17.0. The molecule has 0 aliphatic carbocycles. The van der Waals surface area contributed by atoms with E-state index >= 15 is 0 Å². The fourth-order valence-corrected chi connectivity index (χ4v) is 2.84. The van der Waals surface area contributed by atoms with Crippen LogP contribution in [0.15, 0.2) is 4.99 Å². The maximum absolute atomic E-state index is 12.6. The van der Waals surface area contributed by atoms with Crippen molar-refractivity contribution in [2.75, 3.05) is 26.3 Å². The van der Waals surface area contributed by atoms with Gasteiger partial charge in [0.25, 0.3) is 5.96 Å². The quantitative estimate of drug-likeness (QED) is 0.0920. The summed E-state index contributed by atoms with van der Waals surface area (Å²) in [4.78, 5) is 40.3. The van der Waals surface area contributed by atoms with Gasteiger partial charge in [-0.1, -0.05) is 12.3 Å². The van der Waals surface area contributed by atoms with Gasteiger partial charge in [0.1, 0.15) is 6.04 Å². The van der Waals surface area contributed by atoms with Gasteiger partial charge in [-0.2, -0.15) is 0 Å². The van der Waals surface area contributed by atoms with Crippen molar-refractivity contribution in [3.05, 3.63) is 10.1 Å². The van der Waals surface area contributed by atoms with E-state index in [2.05, 4.69) is 4.99 Å². The van der Waals surface area contributed by atoms with Gasteiger partial charge in [0.2, 0.25) is 5.91 Å². The number of hydrazine groups is 1. The van der Waals surface area contributed by atoms with Crippen molar-refractivity contribution >= 4 is 42.7 Å². The Morgan fingerprint density at radius 2 is 1.97 bits per heavy atom. The highest BCUT2D eigenvalue weighted by atomic mass is 35.5. The van der Waals surface area contributed by atoms with Crippen LogP contribution in [0.2, 0.25) is 0 Å². The number of rotatable bonds is 8. The van der Waals surface area contributed by atoms with Crippen LogP contribution in [0.25, 0.3) is 0 Å². The maximum atomic E-state index is 12.6. The number of aliphatic hydroxyl groups is 1. The van der Waals surface area contributed by atoms with Crippen molar-refractivity contribution in [3.8, 4) is 0 Å². The van der Waals surface area contributed by atoms with Crippen molar-refractivity contribution in [1.82, 2.24) is 10.3 Å². The molecule has 0 saturated carbocycles. The molecule has 0 aromatic carbocycles. The summed E-state index contributed by atoms with van der Waals surface area (Å²) in [6.45, 7) is 6.62. The largest absolute Gasteiger partial charge is 0.464 e. The summed E-state index contributed by atoms with van der Waals surface area (Å²) in [5.74, 6) is -0.670. The zero-order valence-electron chi connectivity index (χ0n) is 18.2. The molecule has 31 heavy (non-hydrogen) atoms. The molecule has 0 spiro atoms. The molecule has 1 saturated heterocycles. The first-order valence-electron chi connectivity index (χ1n) is 9.72. The van der Waals surface area contributed by atoms with E-state index in [0.29, 0.717) is 31.7 Å². The van der Waals surface area contributed by atoms with Crippen molar-refractivity contribution in [1.29, 1.82) is 0 Å². The van der Waals surface area contributed by atoms with E-state index < -0.39 is 23.1 Å². The number of ether oxygens (including phenoxy) is 1. The van der Waals surface area contributed by atoms with Crippen LogP contribution in [0.3, 0.4) is 0 Å². The average molecular weight is 491 g/mol. The number of hydrogen-bond donors (Lipinski definition) is 4. The molecule has 14 heteroatoms. The molecule has 0 bridgehead atoms. The van der Waals surface area contributed by atoms with E-state index in [1.54, 1.807) is 19.3 Å². The minimum Gasteiger partial charge on any atom is -0.464 e. The molecule has 6 N–H and O–H groups in total. The molecule has 0 aromatic heterocycles. The highest BCUT2D eigenvalue weighted by Crippen LogP contribution is 2.24. The van der Waals surface area contributed by atoms with Gasteiger partial charge >= 0.3 is 5.97 Å². The number of nitro groups is 1. The molecular weight excluding hydrogens is 455 g/mol. The molecule has 1 fully saturated rings. The number of halogens is 2. The number of nitrogens with two attached hydrogens (primary N) is 2. The number of carbonyl (C=O) groups excluding carboxylic acids is 2. The Bertz CT molecular complexity index is 569. The zero-order chi connectivity index (χ0) is 22.4. The number of piperidine rings is 1. The van der Waals surface area contributed by atoms with Gasteiger partial charge < -0.3 is 26.2 Å². The second-order valence-corrected chi connectivity index (χ2v) is 6.63. The second kappa shape index (κ2) is 18.8. The Balaban J connectivity index is -0.00000148. The fraction of sp³-hybridized carbons (Fsp3) is 0.824. The molecule has 12 nitrogen and oxygen atoms in total. The van der Waals surface area contributed by atoms with Gasteiger partial charge in [-0.25, -0.2) is 19.9 Å². The lowest BCUT2D eigenvalue weighted by Crippen LogP contribution is -2.55. The maximum Gasteiger partial charge on any atom is 0.328 e. The summed E-state index contributed by atoms with van der Waals surface area (Å²) >= 11 is 0. The number of nitrogens with zero attached hydrogens (tertiary/aromatic N) is 3. The normalized spacial score (nSPS) is 18.9. The van der Waals surface area contributed by atoms with Crippen molar-refractivity contribution < 1.29 is 24.5 Å². The number of hydrogen-bond acceptors (Lipinski definition) is 8. The third-order valence-corrected chi connectivity index (χ3v) is 4.18. The van der Waals surface area contributed by atoms with Crippen LogP contribution in [0.1, 0.15) is 46.5 Å². The average Bonchev–Trinajstić information content (AvgIpc) is 2.64. The van der Waals surface area contributed by atoms with Gasteiger partial charge in [0.15, 0.2) is 5.03 Å². The van der Waals surface area contributed by atoms with E-state index in [4.69, 9.17) is 21.3 Å². The smallest absolute Gasteiger partial charge is 0.328 e. The Kier molecular flexibility index (Phi) is 20.5. The number of likely N-dealkylation sites (tertiary alicyclic amines) is 1. The minimum absolute atomic E-state index is 0. The van der Waals surface area contributed by atoms with Crippen LogP contribution in [-0.4, -0.2) is 71.3 Å². The monoisotopic (exact) mass is 490 g/mol. The zero-order valence-corrected chi connectivity index (χ0v) is 19.8. The molecule has 3 atom stereocenters. The molecule has 0 radical (unpaired) electrons. The number of aliphatic hydroxyl groups excluding tert-OH is 1. The predicted octanol–water partition coefficient (Wildman–Crippen LogP) is 0.222. The van der Waals surface area contributed by atoms with Gasteiger partial charge in [-0.05, 0) is 45.4 Å². The molecule has 1 aliphatic heterocycles. The van der Waals surface area contributed by atoms with Crippen LogP contribution in [0.4, 0.5) is 0 Å². The molecule has 0 unspecified atom stereocenters. The number of esters is 1. The summed E-state index contributed by atoms with van der Waals surface area (Å²) < 4.78 is 5.08. The van der Waals surface area contributed by atoms with E-state index in [9.17, 15) is 19.7 Å². The van der Waals surface area contributed by atoms with Crippen LogP contribution in [-0.2, 0) is 14.3 Å². The molecule has 1 aliphatic rings. The van der Waals surface area contributed by atoms with Crippen molar-refractivity contribution in [2.24, 2.45) is 22.4 Å². The van der Waals surface area contributed by atoms with E-state index in [1.165, 1.54) is 4.90 Å². The SMILES string of the molecule is CCO.CCOC(=O)[C@H]1C[C@H](C)CCN1C(=O)[C@@H](N)CCCN=C(N)N[N+](=O)[O-].Cl.Cl. The standard InChI is InChI=1S/C15H28N6O5.C2H6O.2ClH/c1-3-26-14(23)12-9-10(2)6-8-20(12)13(22)11(16)5-4-7-18-15(17)19-21(24)25;1-2-3;;/h10-12H,3-9,16H2,1-2H3,(H3,17,18,19);3H,2H2,1H3;2*1H/t10-,11+,12-;;;/m1.../s1. The lowest BCUT2D eigenvalue weighted by atomic mass is 9.91. The third-order valence-electron chi connectivity index (χ3n) is 4.18. The molecule has 1 heterocycles. The van der Waals surface area contributed by atoms with E-state index in [-0.39, 0.29) is 56.4 Å². The minimum atomic E-state index is -0.805. The summed E-state index contributed by atoms with van der Waals surface area (Å²) in [5.41, 5.74) is 13.0. The topological polar surface area (TPSA) is 186 Å². The predicted molar refractivity (Wildman–Crippen MR) is 122 cm³/mol. The third kappa shape index (κ3) is 13.9. The first kappa shape index (κ1) is 33.7. The van der Waals surface area contributed by atoms with Crippen molar-refractivity contribution in [3.63, 3.8) is 0 Å². The summed E-state index contributed by atoms with van der Waals surface area (Å²) in [6.07, 6.45) is 2.13. The second-order valence-electron chi connectivity index (χ2n) is 6.63. The molecule has 1 amide bonds. The van der Waals surface area contributed by atoms with Gasteiger partial charge in [-0.3, -0.25) is 4.79 Å². The molecular formula is C17H36Cl2N6O6. The van der Waals surface area contributed by atoms with E-state index in [0.717, 1.165) is 6.42 Å². The van der Waals surface area contributed by atoms with E-state index in [1.807, 2.05) is 6.92 Å². The van der Waals surface area contributed by atoms with Crippen LogP contribution in [0, 0.1) is 16.0 Å². The van der Waals surface area contributed by atoms with Crippen molar-refractivity contribution in [2.45, 2.75) is 58.5 Å². The number of guanidine groups is 1. The Labute approximate surface area is 195 Å². The first-order chi connectivity index (χ1) is 13.7. The Morgan fingerprint density at radius 1 is 1.39 bits per heavy atom. The van der Waals surface area contributed by atoms with Gasteiger partial charge in [-0.15, -0.1) is 24.8 Å². The van der Waals surface area contributed by atoms with Gasteiger partial charge in [0.05, 0.1) is 12.6 Å². The number of amides is 1. The van der Waals surface area contributed by atoms with Crippen LogP contribution < -0.4 is 16.9 Å². The molecule has 1 rings (SSSR count).